The van der Waals surface area contributed by atoms with Gasteiger partial charge in [-0.2, -0.15) is 0 Å². The van der Waals surface area contributed by atoms with Crippen LogP contribution >= 0.6 is 0 Å². The van der Waals surface area contributed by atoms with Crippen LogP contribution in [0.2, 0.25) is 0 Å². The molecule has 2 amide bonds. The van der Waals surface area contributed by atoms with Crippen molar-refractivity contribution >= 4 is 11.8 Å². The summed E-state index contributed by atoms with van der Waals surface area (Å²) < 4.78 is 28.6. The summed E-state index contributed by atoms with van der Waals surface area (Å²) >= 11 is 0. The van der Waals surface area contributed by atoms with E-state index < -0.39 is 29.0 Å². The van der Waals surface area contributed by atoms with Crippen LogP contribution in [-0.2, 0) is 11.3 Å². The third-order valence-corrected chi connectivity index (χ3v) is 7.38. The van der Waals surface area contributed by atoms with Crippen molar-refractivity contribution in [1.82, 2.24) is 9.80 Å². The Balaban J connectivity index is 1.46. The molecule has 2 fully saturated rings. The number of nitrogens with zero attached hydrogens (tertiary/aromatic N) is 2. The Labute approximate surface area is 204 Å². The Kier molecular flexibility index (Phi) is 7.24. The van der Waals surface area contributed by atoms with E-state index in [1.807, 2.05) is 18.2 Å². The minimum Gasteiger partial charge on any atom is -0.381 e. The topological polar surface area (TPSA) is 86.9 Å². The number of nitrogens with two attached hydrogens (primary N) is 1. The summed E-state index contributed by atoms with van der Waals surface area (Å²) in [6, 6.07) is 11.8. The molecule has 2 saturated heterocycles. The molecule has 0 radical (unpaired) electrons. The largest absolute Gasteiger partial charge is 0.381 e. The molecule has 2 aromatic rings. The van der Waals surface area contributed by atoms with Crippen molar-refractivity contribution < 1.29 is 23.5 Å². The number of rotatable bonds is 8. The van der Waals surface area contributed by atoms with Gasteiger partial charge in [0.05, 0.1) is 6.54 Å². The first-order valence-electron chi connectivity index (χ1n) is 12.1. The average molecular weight is 486 g/mol. The second-order valence-corrected chi connectivity index (χ2v) is 10.3. The van der Waals surface area contributed by atoms with Crippen molar-refractivity contribution in [1.29, 1.82) is 0 Å². The maximum atomic E-state index is 14.3. The van der Waals surface area contributed by atoms with Crippen LogP contribution in [0.3, 0.4) is 0 Å². The number of primary amides is 1. The molecule has 4 rings (SSSR count). The van der Waals surface area contributed by atoms with E-state index >= 15 is 0 Å². The van der Waals surface area contributed by atoms with Gasteiger partial charge in [0.25, 0.3) is 5.91 Å². The first-order chi connectivity index (χ1) is 16.5. The normalized spacial score (nSPS) is 22.3. The highest BCUT2D eigenvalue weighted by Gasteiger charge is 2.41. The molecule has 0 saturated carbocycles. The number of aliphatic hydroxyl groups is 1. The highest BCUT2D eigenvalue weighted by atomic mass is 19.1. The van der Waals surface area contributed by atoms with Crippen LogP contribution in [0, 0.1) is 11.6 Å². The minimum atomic E-state index is -1.65. The van der Waals surface area contributed by atoms with E-state index in [1.165, 1.54) is 36.9 Å². The molecule has 0 spiro atoms. The van der Waals surface area contributed by atoms with Crippen molar-refractivity contribution in [3.8, 4) is 0 Å². The number of amides is 2. The Bertz CT molecular complexity index is 1070. The van der Waals surface area contributed by atoms with Gasteiger partial charge in [-0.05, 0) is 75.3 Å². The Hall–Kier alpha value is -2.84. The molecule has 6 nitrogen and oxygen atoms in total. The van der Waals surface area contributed by atoms with E-state index in [0.29, 0.717) is 30.1 Å². The first-order valence-corrected chi connectivity index (χ1v) is 12.1. The van der Waals surface area contributed by atoms with Crippen molar-refractivity contribution in [2.75, 3.05) is 13.1 Å². The van der Waals surface area contributed by atoms with E-state index in [-0.39, 0.29) is 18.7 Å². The molecule has 2 bridgehead atoms. The number of piperidine rings is 1. The second-order valence-electron chi connectivity index (χ2n) is 10.3. The molecular weight excluding hydrogens is 452 g/mol. The summed E-state index contributed by atoms with van der Waals surface area (Å²) in [6.45, 7) is 3.34. The van der Waals surface area contributed by atoms with Crippen LogP contribution in [0.4, 0.5) is 8.78 Å². The predicted octanol–water partition coefficient (Wildman–Crippen LogP) is 3.57. The lowest BCUT2D eigenvalue weighted by Crippen LogP contribution is -2.50. The van der Waals surface area contributed by atoms with E-state index in [1.54, 1.807) is 6.07 Å². The van der Waals surface area contributed by atoms with Crippen molar-refractivity contribution in [2.45, 2.75) is 69.7 Å². The zero-order valence-electron chi connectivity index (χ0n) is 20.2. The molecule has 2 aromatic carbocycles. The van der Waals surface area contributed by atoms with Crippen LogP contribution < -0.4 is 5.73 Å². The maximum absolute atomic E-state index is 14.3. The summed E-state index contributed by atoms with van der Waals surface area (Å²) in [5.41, 5.74) is 5.25. The van der Waals surface area contributed by atoms with E-state index in [4.69, 9.17) is 5.73 Å². The molecule has 35 heavy (non-hydrogen) atoms. The van der Waals surface area contributed by atoms with Gasteiger partial charge >= 0.3 is 0 Å². The molecule has 2 aliphatic rings. The number of hydrogen-bond acceptors (Lipinski definition) is 4. The minimum absolute atomic E-state index is 0.180. The lowest BCUT2D eigenvalue weighted by atomic mass is 9.84. The Morgan fingerprint density at radius 2 is 1.69 bits per heavy atom. The molecule has 1 unspecified atom stereocenters. The quantitative estimate of drug-likeness (QED) is 0.599. The fourth-order valence-electron chi connectivity index (χ4n) is 5.61. The zero-order valence-corrected chi connectivity index (χ0v) is 20.2. The smallest absolute Gasteiger partial charge is 0.254 e. The van der Waals surface area contributed by atoms with Crippen LogP contribution in [0.25, 0.3) is 0 Å². The number of halogens is 2. The molecule has 8 heteroatoms. The maximum Gasteiger partial charge on any atom is 0.254 e. The summed E-state index contributed by atoms with van der Waals surface area (Å²) in [5, 5.41) is 10.3. The average Bonchev–Trinajstić information content (AvgIpc) is 3.04. The molecular formula is C27H33F2N3O3. The number of carbonyl (C=O) groups is 2. The predicted molar refractivity (Wildman–Crippen MR) is 129 cm³/mol. The number of benzene rings is 2. The first kappa shape index (κ1) is 25.3. The van der Waals surface area contributed by atoms with Gasteiger partial charge in [0.15, 0.2) is 0 Å². The molecule has 188 valence electrons. The van der Waals surface area contributed by atoms with E-state index in [2.05, 4.69) is 4.90 Å². The van der Waals surface area contributed by atoms with Gasteiger partial charge in [0.1, 0.15) is 17.2 Å². The van der Waals surface area contributed by atoms with Crippen LogP contribution in [0.1, 0.15) is 66.9 Å². The van der Waals surface area contributed by atoms with Crippen LogP contribution in [0.5, 0.6) is 0 Å². The van der Waals surface area contributed by atoms with Gasteiger partial charge in [0.2, 0.25) is 5.91 Å². The second kappa shape index (κ2) is 10.0. The van der Waals surface area contributed by atoms with E-state index in [0.717, 1.165) is 31.2 Å². The third-order valence-electron chi connectivity index (χ3n) is 7.38. The van der Waals surface area contributed by atoms with Crippen molar-refractivity contribution in [2.24, 2.45) is 5.73 Å². The molecule has 3 atom stereocenters. The van der Waals surface area contributed by atoms with Gasteiger partial charge < -0.3 is 15.7 Å². The summed E-state index contributed by atoms with van der Waals surface area (Å²) in [4.78, 5) is 28.3. The molecule has 3 N–H and O–H groups in total. The van der Waals surface area contributed by atoms with Gasteiger partial charge in [-0.15, -0.1) is 0 Å². The number of hydrogen-bond donors (Lipinski definition) is 2. The fourth-order valence-corrected chi connectivity index (χ4v) is 5.61. The van der Waals surface area contributed by atoms with E-state index in [9.17, 15) is 23.5 Å². The Morgan fingerprint density at radius 3 is 2.26 bits per heavy atom. The lowest BCUT2D eigenvalue weighted by Gasteiger charge is -2.40. The highest BCUT2D eigenvalue weighted by molar-refractivity contribution is 5.92. The van der Waals surface area contributed by atoms with Gasteiger partial charge in [-0.25, -0.2) is 8.78 Å². The van der Waals surface area contributed by atoms with Crippen molar-refractivity contribution in [3.63, 3.8) is 0 Å². The van der Waals surface area contributed by atoms with Gasteiger partial charge in [0, 0.05) is 36.3 Å². The fraction of sp³-hybridized carbons (Fsp3) is 0.481. The third kappa shape index (κ3) is 5.54. The lowest BCUT2D eigenvalue weighted by molar-refractivity contribution is -0.149. The molecule has 2 heterocycles. The summed E-state index contributed by atoms with van der Waals surface area (Å²) in [5.74, 6) is -2.10. The number of fused-ring (bicyclic) bond motifs is 2. The molecule has 0 aliphatic carbocycles. The van der Waals surface area contributed by atoms with Crippen LogP contribution in [-0.4, -0.2) is 57.5 Å². The summed E-state index contributed by atoms with van der Waals surface area (Å²) in [7, 11) is 0. The molecule has 0 aromatic heterocycles. The number of carbonyl (C=O) groups excluding carboxylic acids is 2. The SMILES string of the molecule is CC(C)(O)C(=O)N(CCN1[C@@H]2CC[C@H]1CC(c1cccc(C(N)=O)c1)C2)Cc1c(F)cccc1F. The van der Waals surface area contributed by atoms with Gasteiger partial charge in [-0.3, -0.25) is 14.5 Å². The standard InChI is InChI=1S/C27H33F2N3O3/c1-27(2,35)26(34)31(16-22-23(28)7-4-8-24(22)29)11-12-32-20-9-10-21(32)15-19(14-20)17-5-3-6-18(13-17)25(30)33/h3-8,13,19-21,35H,9-12,14-16H2,1-2H3,(H2,30,33)/t19?,20-,21+. The Morgan fingerprint density at radius 1 is 1.09 bits per heavy atom. The monoisotopic (exact) mass is 485 g/mol. The van der Waals surface area contributed by atoms with Gasteiger partial charge in [-0.1, -0.05) is 18.2 Å². The summed E-state index contributed by atoms with van der Waals surface area (Å²) in [6.07, 6.45) is 3.94. The molecule has 2 aliphatic heterocycles. The highest BCUT2D eigenvalue weighted by Crippen LogP contribution is 2.43. The zero-order chi connectivity index (χ0) is 25.3. The van der Waals surface area contributed by atoms with Crippen molar-refractivity contribution in [3.05, 3.63) is 70.8 Å². The van der Waals surface area contributed by atoms with Crippen LogP contribution in [0.15, 0.2) is 42.5 Å².